The molecule has 0 spiro atoms. The third-order valence-corrected chi connectivity index (χ3v) is 14.6. The van der Waals surface area contributed by atoms with Gasteiger partial charge in [0.2, 0.25) is 0 Å². The molecule has 3 fully saturated rings. The van der Waals surface area contributed by atoms with E-state index < -0.39 is 7.41 Å². The van der Waals surface area contributed by atoms with Gasteiger partial charge in [-0.3, -0.25) is 0 Å². The monoisotopic (exact) mass is 234 g/mol. The fourth-order valence-corrected chi connectivity index (χ4v) is 16.3. The summed E-state index contributed by atoms with van der Waals surface area (Å²) in [6.07, 6.45) is 12.9. The summed E-state index contributed by atoms with van der Waals surface area (Å²) >= 11 is 0. The molecular formula is C9H19NP3+3. The number of hydrogen-bond acceptors (Lipinski definition) is 1. The van der Waals surface area contributed by atoms with Gasteiger partial charge in [-0.25, -0.2) is 0 Å². The number of nitrogens with zero attached hydrogens (tertiary/aromatic N) is 1. The molecule has 1 nitrogen and oxygen atoms in total. The van der Waals surface area contributed by atoms with Gasteiger partial charge in [0.1, 0.15) is 16.5 Å². The Kier molecular flexibility index (Phi) is 2.26. The van der Waals surface area contributed by atoms with Crippen LogP contribution >= 0.6 is 22.8 Å². The highest BCUT2D eigenvalue weighted by Crippen LogP contribution is 2.79. The molecule has 0 aromatic heterocycles. The van der Waals surface area contributed by atoms with Crippen LogP contribution in [0.3, 0.4) is 0 Å². The van der Waals surface area contributed by atoms with Crippen molar-refractivity contribution in [2.24, 2.45) is 5.41 Å². The molecular weight excluding hydrogens is 215 g/mol. The minimum Gasteiger partial charge on any atom is -0.0479 e. The first kappa shape index (κ1) is 10.3. The Bertz CT molecular complexity index is 274. The van der Waals surface area contributed by atoms with Crippen molar-refractivity contribution < 1.29 is 0 Å². The lowest BCUT2D eigenvalue weighted by Gasteiger charge is -2.38. The van der Waals surface area contributed by atoms with E-state index in [-0.39, 0.29) is 15.4 Å². The maximum atomic E-state index is 4.37. The highest BCUT2D eigenvalue weighted by molar-refractivity contribution is 7.90. The molecule has 3 saturated heterocycles. The standard InChI is InChI=1S/C9H19NP3/c1-9-6-11(2)10(12(3)7-9)13(4,5)8-9/h2-3,6-8H2,1,4-5H3/q+3. The predicted molar refractivity (Wildman–Crippen MR) is 71.4 cm³/mol. The molecule has 3 aliphatic rings. The molecule has 3 aliphatic heterocycles. The molecule has 0 amide bonds. The fourth-order valence-electron chi connectivity index (χ4n) is 3.02. The predicted octanol–water partition coefficient (Wildman–Crippen LogP) is 3.17. The van der Waals surface area contributed by atoms with E-state index in [0.717, 1.165) is 0 Å². The van der Waals surface area contributed by atoms with Gasteiger partial charge in [0.05, 0.1) is 37.5 Å². The van der Waals surface area contributed by atoms with Crippen molar-refractivity contribution in [1.82, 2.24) is 4.21 Å². The molecule has 3 heterocycles. The second-order valence-corrected chi connectivity index (χ2v) is 13.6. The highest BCUT2D eigenvalue weighted by Gasteiger charge is 2.68. The lowest BCUT2D eigenvalue weighted by Crippen LogP contribution is -2.42. The number of rotatable bonds is 0. The van der Waals surface area contributed by atoms with Crippen LogP contribution in [0.1, 0.15) is 6.92 Å². The first-order valence-corrected chi connectivity index (χ1v) is 10.8. The normalized spacial score (nSPS) is 48.1. The average molecular weight is 234 g/mol. The second-order valence-electron chi connectivity index (χ2n) is 5.19. The average Bonchev–Trinajstić information content (AvgIpc) is 1.75. The van der Waals surface area contributed by atoms with Crippen LogP contribution in [0.25, 0.3) is 0 Å². The molecule has 0 aromatic carbocycles. The van der Waals surface area contributed by atoms with Crippen molar-refractivity contribution in [1.29, 1.82) is 0 Å². The maximum absolute atomic E-state index is 4.37. The van der Waals surface area contributed by atoms with E-state index in [2.05, 4.69) is 37.1 Å². The second kappa shape index (κ2) is 2.86. The van der Waals surface area contributed by atoms with Crippen LogP contribution in [0.5, 0.6) is 0 Å². The molecule has 4 heteroatoms. The van der Waals surface area contributed by atoms with Gasteiger partial charge in [-0.15, -0.1) is 0 Å². The molecule has 0 aromatic rings. The number of hydrogen-bond donors (Lipinski definition) is 0. The Hall–Kier alpha value is 0.730. The van der Waals surface area contributed by atoms with E-state index in [0.29, 0.717) is 5.41 Å². The minimum absolute atomic E-state index is 0.0823. The summed E-state index contributed by atoms with van der Waals surface area (Å²) in [5.74, 6) is 0. The first-order valence-electron chi connectivity index (χ1n) is 4.64. The smallest absolute Gasteiger partial charge is 0.0479 e. The van der Waals surface area contributed by atoms with Crippen molar-refractivity contribution in [2.45, 2.75) is 6.92 Å². The summed E-state index contributed by atoms with van der Waals surface area (Å²) in [4.78, 5) is 0. The fraction of sp³-hybridized carbons (Fsp3) is 0.778. The van der Waals surface area contributed by atoms with Crippen LogP contribution in [0.15, 0.2) is 0 Å². The Morgan fingerprint density at radius 2 is 1.69 bits per heavy atom. The molecule has 13 heavy (non-hydrogen) atoms. The van der Waals surface area contributed by atoms with Crippen molar-refractivity contribution in [2.75, 3.05) is 31.8 Å². The third kappa shape index (κ3) is 1.55. The minimum atomic E-state index is -0.809. The topological polar surface area (TPSA) is 3.24 Å². The Labute approximate surface area is 84.2 Å². The highest BCUT2D eigenvalue weighted by atomic mass is 31.3. The van der Waals surface area contributed by atoms with Crippen LogP contribution in [0.2, 0.25) is 0 Å². The van der Waals surface area contributed by atoms with E-state index in [4.69, 9.17) is 0 Å². The van der Waals surface area contributed by atoms with Gasteiger partial charge in [-0.05, 0) is 6.92 Å². The lowest BCUT2D eigenvalue weighted by molar-refractivity contribution is 0.467. The molecule has 0 saturated carbocycles. The molecule has 72 valence electrons. The van der Waals surface area contributed by atoms with E-state index in [1.807, 2.05) is 0 Å². The van der Waals surface area contributed by atoms with Crippen LogP contribution in [0.4, 0.5) is 0 Å². The van der Waals surface area contributed by atoms with Crippen molar-refractivity contribution in [3.8, 4) is 0 Å². The van der Waals surface area contributed by atoms with Gasteiger partial charge in [-0.2, -0.15) is 0 Å². The van der Waals surface area contributed by atoms with Crippen LogP contribution in [0, 0.1) is 5.41 Å². The van der Waals surface area contributed by atoms with Gasteiger partial charge < -0.3 is 0 Å². The molecule has 0 radical (unpaired) electrons. The number of fused-ring (bicyclic) bond motifs is 3. The Morgan fingerprint density at radius 1 is 1.23 bits per heavy atom. The third-order valence-electron chi connectivity index (χ3n) is 2.89. The zero-order valence-electron chi connectivity index (χ0n) is 8.82. The van der Waals surface area contributed by atoms with Gasteiger partial charge >= 0.3 is 0 Å². The van der Waals surface area contributed by atoms with Crippen LogP contribution in [-0.2, 0) is 0 Å². The first-order chi connectivity index (χ1) is 5.84. The summed E-state index contributed by atoms with van der Waals surface area (Å²) in [5.41, 5.74) is 0.604. The van der Waals surface area contributed by atoms with Gasteiger partial charge in [-0.1, -0.05) is 0 Å². The molecule has 2 atom stereocenters. The Balaban J connectivity index is 2.45. The summed E-state index contributed by atoms with van der Waals surface area (Å²) < 4.78 is 2.75. The summed E-state index contributed by atoms with van der Waals surface area (Å²) in [6, 6.07) is 0. The van der Waals surface area contributed by atoms with Crippen molar-refractivity contribution in [3.05, 3.63) is 0 Å². The summed E-state index contributed by atoms with van der Waals surface area (Å²) in [6.45, 7) is 7.42. The van der Waals surface area contributed by atoms with Crippen LogP contribution in [-0.4, -0.2) is 48.6 Å². The molecule has 2 unspecified atom stereocenters. The zero-order valence-corrected chi connectivity index (χ0v) is 11.5. The molecule has 2 bridgehead atoms. The van der Waals surface area contributed by atoms with Gasteiger partial charge in [0, 0.05) is 0 Å². The van der Waals surface area contributed by atoms with Crippen molar-refractivity contribution in [3.63, 3.8) is 0 Å². The molecule has 0 N–H and O–H groups in total. The summed E-state index contributed by atoms with van der Waals surface area (Å²) in [7, 11) is -0.973. The SMILES string of the molecule is C=[P+]1CC2(C)C[P+](=C)N1[P+](C)(C)C2. The lowest BCUT2D eigenvalue weighted by atomic mass is 9.99. The maximum Gasteiger partial charge on any atom is 0.263 e. The molecule has 0 aliphatic carbocycles. The van der Waals surface area contributed by atoms with E-state index in [9.17, 15) is 0 Å². The zero-order chi connectivity index (χ0) is 9.85. The Morgan fingerprint density at radius 3 is 2.00 bits per heavy atom. The van der Waals surface area contributed by atoms with E-state index in [1.54, 1.807) is 0 Å². The van der Waals surface area contributed by atoms with E-state index >= 15 is 0 Å². The molecule has 3 rings (SSSR count). The largest absolute Gasteiger partial charge is 0.263 e. The summed E-state index contributed by atoms with van der Waals surface area (Å²) in [5, 5.41) is 0. The van der Waals surface area contributed by atoms with Gasteiger partial charge in [0.25, 0.3) is 15.4 Å². The van der Waals surface area contributed by atoms with E-state index in [1.165, 1.54) is 18.5 Å². The van der Waals surface area contributed by atoms with Crippen molar-refractivity contribution >= 4 is 35.4 Å². The van der Waals surface area contributed by atoms with Crippen LogP contribution < -0.4 is 0 Å². The quantitative estimate of drug-likeness (QED) is 0.582. The van der Waals surface area contributed by atoms with Gasteiger partial charge in [0.15, 0.2) is 7.41 Å².